The van der Waals surface area contributed by atoms with Crippen molar-refractivity contribution in [1.29, 1.82) is 0 Å². The van der Waals surface area contributed by atoms with E-state index in [0.717, 1.165) is 6.42 Å². The van der Waals surface area contributed by atoms with E-state index in [1.54, 1.807) is 6.92 Å². The van der Waals surface area contributed by atoms with Crippen molar-refractivity contribution < 1.29 is 23.9 Å². The number of hydrogen-bond acceptors (Lipinski definition) is 5. The monoisotopic (exact) mass is 329 g/mol. The van der Waals surface area contributed by atoms with Crippen LogP contribution in [-0.4, -0.2) is 37.0 Å². The second-order valence-corrected chi connectivity index (χ2v) is 6.53. The number of ketones is 1. The summed E-state index contributed by atoms with van der Waals surface area (Å²) in [4.78, 5) is 38.1. The molecule has 6 nitrogen and oxygen atoms in total. The van der Waals surface area contributed by atoms with E-state index in [2.05, 4.69) is 5.32 Å². The molecule has 0 bridgehead atoms. The molecule has 1 amide bonds. The van der Waals surface area contributed by atoms with Crippen LogP contribution in [0.1, 0.15) is 25.3 Å². The first-order chi connectivity index (χ1) is 11.6. The number of carbonyl (C=O) groups is 3. The van der Waals surface area contributed by atoms with Crippen molar-refractivity contribution in [2.45, 2.75) is 31.4 Å². The average molecular weight is 329 g/mol. The molecule has 2 saturated heterocycles. The number of nitrogens with one attached hydrogen (secondary N) is 1. The number of Topliss-reactive ketones (excluding diaryl/α,β-unsaturated/α-hetero) is 1. The zero-order valence-corrected chi connectivity index (χ0v) is 13.4. The Morgan fingerprint density at radius 3 is 2.79 bits per heavy atom. The maximum absolute atomic E-state index is 12.9. The first-order valence-electron chi connectivity index (χ1n) is 8.32. The summed E-state index contributed by atoms with van der Waals surface area (Å²) in [5.41, 5.74) is -1.98. The van der Waals surface area contributed by atoms with Crippen molar-refractivity contribution in [1.82, 2.24) is 5.32 Å². The molecule has 1 aromatic carbocycles. The first-order valence-corrected chi connectivity index (χ1v) is 8.32. The Morgan fingerprint density at radius 2 is 2.08 bits per heavy atom. The van der Waals surface area contributed by atoms with Gasteiger partial charge in [0.05, 0.1) is 12.7 Å². The van der Waals surface area contributed by atoms with Gasteiger partial charge in [-0.25, -0.2) is 0 Å². The summed E-state index contributed by atoms with van der Waals surface area (Å²) in [7, 11) is 0. The quantitative estimate of drug-likeness (QED) is 0.507. The fourth-order valence-electron chi connectivity index (χ4n) is 4.82. The topological polar surface area (TPSA) is 81.7 Å². The molecule has 2 heterocycles. The lowest BCUT2D eigenvalue weighted by Gasteiger charge is -2.63. The standard InChI is InChI=1S/C18H19NO5/c1-2-23-16(22)17-12-9-6-10-24-14(12)18(17,19-15(21)13(17)20)11-7-4-3-5-8-11/h3-5,7-8,12,14H,2,6,9-10H2,1H3,(H,19,21)/t12-,14+,17+,18-/m1/s1. The molecule has 2 aliphatic heterocycles. The van der Waals surface area contributed by atoms with Crippen molar-refractivity contribution in [2.24, 2.45) is 11.3 Å². The molecule has 4 atom stereocenters. The van der Waals surface area contributed by atoms with Crippen molar-refractivity contribution >= 4 is 17.7 Å². The molecule has 0 spiro atoms. The van der Waals surface area contributed by atoms with Crippen LogP contribution in [0.4, 0.5) is 0 Å². The Labute approximate surface area is 139 Å². The van der Waals surface area contributed by atoms with Crippen LogP contribution >= 0.6 is 0 Å². The highest BCUT2D eigenvalue weighted by atomic mass is 16.5. The van der Waals surface area contributed by atoms with E-state index >= 15 is 0 Å². The summed E-state index contributed by atoms with van der Waals surface area (Å²) >= 11 is 0. The number of carbonyl (C=O) groups excluding carboxylic acids is 3. The van der Waals surface area contributed by atoms with Gasteiger partial charge in [-0.3, -0.25) is 14.4 Å². The fraction of sp³-hybridized carbons (Fsp3) is 0.500. The molecular weight excluding hydrogens is 310 g/mol. The molecular formula is C18H19NO5. The van der Waals surface area contributed by atoms with Gasteiger partial charge < -0.3 is 14.8 Å². The van der Waals surface area contributed by atoms with Crippen LogP contribution in [0.5, 0.6) is 0 Å². The fourth-order valence-corrected chi connectivity index (χ4v) is 4.82. The number of ether oxygens (including phenoxy) is 2. The third-order valence-corrected chi connectivity index (χ3v) is 5.63. The van der Waals surface area contributed by atoms with Crippen molar-refractivity contribution in [3.05, 3.63) is 35.9 Å². The van der Waals surface area contributed by atoms with Crippen molar-refractivity contribution in [3.8, 4) is 0 Å². The van der Waals surface area contributed by atoms with Crippen LogP contribution in [0.25, 0.3) is 0 Å². The van der Waals surface area contributed by atoms with Crippen LogP contribution in [0.3, 0.4) is 0 Å². The number of benzene rings is 1. The minimum absolute atomic E-state index is 0.158. The Bertz CT molecular complexity index is 717. The number of fused-ring (bicyclic) bond motifs is 4. The molecule has 3 aliphatic rings. The second-order valence-electron chi connectivity index (χ2n) is 6.53. The summed E-state index contributed by atoms with van der Waals surface area (Å²) in [5.74, 6) is -2.39. The molecule has 1 aliphatic carbocycles. The van der Waals surface area contributed by atoms with E-state index in [-0.39, 0.29) is 12.5 Å². The summed E-state index contributed by atoms with van der Waals surface area (Å²) in [6.45, 7) is 2.41. The molecule has 1 N–H and O–H groups in total. The molecule has 0 unspecified atom stereocenters. The van der Waals surface area contributed by atoms with Gasteiger partial charge in [0.1, 0.15) is 5.54 Å². The van der Waals surface area contributed by atoms with Gasteiger partial charge in [-0.1, -0.05) is 30.3 Å². The van der Waals surface area contributed by atoms with Gasteiger partial charge >= 0.3 is 5.97 Å². The molecule has 6 heteroatoms. The van der Waals surface area contributed by atoms with E-state index in [4.69, 9.17) is 9.47 Å². The van der Waals surface area contributed by atoms with E-state index in [1.807, 2.05) is 30.3 Å². The van der Waals surface area contributed by atoms with Gasteiger partial charge in [0, 0.05) is 12.5 Å². The van der Waals surface area contributed by atoms with Gasteiger partial charge in [-0.05, 0) is 25.3 Å². The van der Waals surface area contributed by atoms with Crippen molar-refractivity contribution in [2.75, 3.05) is 13.2 Å². The predicted molar refractivity (Wildman–Crippen MR) is 82.8 cm³/mol. The molecule has 3 fully saturated rings. The summed E-state index contributed by atoms with van der Waals surface area (Å²) < 4.78 is 11.2. The predicted octanol–water partition coefficient (Wildman–Crippen LogP) is 0.939. The molecule has 4 rings (SSSR count). The van der Waals surface area contributed by atoms with Crippen LogP contribution in [-0.2, 0) is 29.4 Å². The highest BCUT2D eigenvalue weighted by Gasteiger charge is 2.86. The van der Waals surface area contributed by atoms with E-state index in [9.17, 15) is 14.4 Å². The lowest BCUT2D eigenvalue weighted by molar-refractivity contribution is -0.241. The van der Waals surface area contributed by atoms with Crippen molar-refractivity contribution in [3.63, 3.8) is 0 Å². The average Bonchev–Trinajstić information content (AvgIpc) is 2.80. The van der Waals surface area contributed by atoms with E-state index in [0.29, 0.717) is 18.6 Å². The zero-order valence-electron chi connectivity index (χ0n) is 13.4. The Hall–Kier alpha value is -2.21. The van der Waals surface area contributed by atoms with Crippen LogP contribution in [0.15, 0.2) is 30.3 Å². The normalized spacial score (nSPS) is 37.0. The number of esters is 1. The molecule has 126 valence electrons. The minimum Gasteiger partial charge on any atom is -0.465 e. The third-order valence-electron chi connectivity index (χ3n) is 5.63. The second kappa shape index (κ2) is 5.14. The minimum atomic E-state index is -1.52. The summed E-state index contributed by atoms with van der Waals surface area (Å²) in [6, 6.07) is 9.14. The largest absolute Gasteiger partial charge is 0.465 e. The molecule has 1 saturated carbocycles. The number of hydrogen-bond donors (Lipinski definition) is 1. The van der Waals surface area contributed by atoms with Gasteiger partial charge in [0.2, 0.25) is 5.78 Å². The SMILES string of the molecule is CCOC(=O)[C@]12C(=O)C(=O)N[C@]1(c1ccccc1)[C@H]1OCCC[C@H]12. The molecule has 0 aromatic heterocycles. The maximum Gasteiger partial charge on any atom is 0.323 e. The van der Waals surface area contributed by atoms with Gasteiger partial charge in [-0.15, -0.1) is 0 Å². The maximum atomic E-state index is 12.9. The van der Waals surface area contributed by atoms with Gasteiger partial charge in [0.25, 0.3) is 5.91 Å². The number of rotatable bonds is 3. The Kier molecular flexibility index (Phi) is 3.28. The van der Waals surface area contributed by atoms with E-state index < -0.39 is 34.7 Å². The molecule has 1 aromatic rings. The lowest BCUT2D eigenvalue weighted by atomic mass is 9.43. The van der Waals surface area contributed by atoms with Crippen LogP contribution in [0.2, 0.25) is 0 Å². The highest BCUT2D eigenvalue weighted by Crippen LogP contribution is 2.67. The highest BCUT2D eigenvalue weighted by molar-refractivity contribution is 6.46. The van der Waals surface area contributed by atoms with Crippen LogP contribution < -0.4 is 5.32 Å². The van der Waals surface area contributed by atoms with Gasteiger partial charge in [-0.2, -0.15) is 0 Å². The Balaban J connectivity index is 1.94. The van der Waals surface area contributed by atoms with Crippen LogP contribution in [0, 0.1) is 11.3 Å². The van der Waals surface area contributed by atoms with Gasteiger partial charge in [0.15, 0.2) is 5.41 Å². The number of amides is 1. The van der Waals surface area contributed by atoms with E-state index in [1.165, 1.54) is 0 Å². The zero-order chi connectivity index (χ0) is 16.9. The lowest BCUT2D eigenvalue weighted by Crippen LogP contribution is -2.79. The Morgan fingerprint density at radius 1 is 1.33 bits per heavy atom. The first kappa shape index (κ1) is 15.3. The molecule has 24 heavy (non-hydrogen) atoms. The smallest absolute Gasteiger partial charge is 0.323 e. The third kappa shape index (κ3) is 1.52. The summed E-state index contributed by atoms with van der Waals surface area (Å²) in [5, 5.41) is 2.80. The molecule has 0 radical (unpaired) electrons. The summed E-state index contributed by atoms with van der Waals surface area (Å²) in [6.07, 6.45) is 1.03.